The number of hydrogen-bond acceptors (Lipinski definition) is 3. The average molecular weight is 323 g/mol. The van der Waals surface area contributed by atoms with Crippen LogP contribution in [0.2, 0.25) is 0 Å². The summed E-state index contributed by atoms with van der Waals surface area (Å²) in [5.41, 5.74) is 4.21. The van der Waals surface area contributed by atoms with Crippen molar-refractivity contribution in [2.45, 2.75) is 39.5 Å². The summed E-state index contributed by atoms with van der Waals surface area (Å²) in [6, 6.07) is 5.78. The van der Waals surface area contributed by atoms with Crippen LogP contribution >= 0.6 is 23.7 Å². The first-order valence-electron chi connectivity index (χ1n) is 7.00. The van der Waals surface area contributed by atoms with Crippen LogP contribution in [0.25, 0.3) is 0 Å². The molecule has 0 saturated carbocycles. The molecule has 0 fully saturated rings. The number of halogens is 1. The second-order valence-corrected chi connectivity index (χ2v) is 6.43. The SMILES string of the molecule is Cc1ccc(C(=O)Nc2nc3c(s2)CCCC3)cc1C.Cl. The molecule has 1 amide bonds. The van der Waals surface area contributed by atoms with Crippen LogP contribution in [-0.2, 0) is 12.8 Å². The van der Waals surface area contributed by atoms with Crippen molar-refractivity contribution in [3.8, 4) is 0 Å². The minimum absolute atomic E-state index is 0. The number of thiazole rings is 1. The van der Waals surface area contributed by atoms with E-state index in [9.17, 15) is 4.79 Å². The van der Waals surface area contributed by atoms with Gasteiger partial charge in [0, 0.05) is 10.4 Å². The second kappa shape index (κ2) is 6.58. The molecule has 3 nitrogen and oxygen atoms in total. The predicted molar refractivity (Wildman–Crippen MR) is 89.9 cm³/mol. The molecule has 3 rings (SSSR count). The summed E-state index contributed by atoms with van der Waals surface area (Å²) >= 11 is 1.62. The largest absolute Gasteiger partial charge is 0.298 e. The molecule has 0 saturated heterocycles. The smallest absolute Gasteiger partial charge is 0.257 e. The van der Waals surface area contributed by atoms with Crippen LogP contribution < -0.4 is 5.32 Å². The van der Waals surface area contributed by atoms with E-state index in [1.165, 1.54) is 29.0 Å². The normalized spacial score (nSPS) is 13.2. The first-order chi connectivity index (χ1) is 9.63. The number of rotatable bonds is 2. The number of fused-ring (bicyclic) bond motifs is 1. The number of nitrogens with zero attached hydrogens (tertiary/aromatic N) is 1. The molecule has 1 aliphatic carbocycles. The fourth-order valence-electron chi connectivity index (χ4n) is 2.46. The topological polar surface area (TPSA) is 42.0 Å². The van der Waals surface area contributed by atoms with E-state index in [1.54, 1.807) is 11.3 Å². The molecule has 5 heteroatoms. The van der Waals surface area contributed by atoms with Gasteiger partial charge in [-0.15, -0.1) is 23.7 Å². The van der Waals surface area contributed by atoms with Crippen molar-refractivity contribution in [2.24, 2.45) is 0 Å². The van der Waals surface area contributed by atoms with E-state index in [1.807, 2.05) is 32.0 Å². The van der Waals surface area contributed by atoms with Crippen molar-refractivity contribution < 1.29 is 4.79 Å². The second-order valence-electron chi connectivity index (χ2n) is 5.35. The molecule has 1 aromatic heterocycles. The molecule has 0 radical (unpaired) electrons. The van der Waals surface area contributed by atoms with Crippen LogP contribution in [-0.4, -0.2) is 10.9 Å². The van der Waals surface area contributed by atoms with Gasteiger partial charge in [-0.05, 0) is 62.8 Å². The zero-order chi connectivity index (χ0) is 14.1. The maximum absolute atomic E-state index is 12.2. The highest BCUT2D eigenvalue weighted by Gasteiger charge is 2.16. The van der Waals surface area contributed by atoms with Crippen LogP contribution in [0.1, 0.15) is 44.9 Å². The van der Waals surface area contributed by atoms with E-state index in [-0.39, 0.29) is 18.3 Å². The van der Waals surface area contributed by atoms with E-state index in [2.05, 4.69) is 10.3 Å². The Morgan fingerprint density at radius 1 is 1.19 bits per heavy atom. The van der Waals surface area contributed by atoms with E-state index in [4.69, 9.17) is 0 Å². The Bertz CT molecular complexity index is 643. The molecule has 0 bridgehead atoms. The first-order valence-corrected chi connectivity index (χ1v) is 7.82. The van der Waals surface area contributed by atoms with Crippen LogP contribution in [0.3, 0.4) is 0 Å². The van der Waals surface area contributed by atoms with E-state index < -0.39 is 0 Å². The molecule has 1 heterocycles. The lowest BCUT2D eigenvalue weighted by Crippen LogP contribution is -2.12. The number of carbonyl (C=O) groups excluding carboxylic acids is 1. The third-order valence-corrected chi connectivity index (χ3v) is 4.91. The van der Waals surface area contributed by atoms with Crippen molar-refractivity contribution in [1.82, 2.24) is 4.98 Å². The molecule has 1 aromatic carbocycles. The van der Waals surface area contributed by atoms with Gasteiger partial charge >= 0.3 is 0 Å². The van der Waals surface area contributed by atoms with Gasteiger partial charge in [-0.3, -0.25) is 10.1 Å². The van der Waals surface area contributed by atoms with E-state index >= 15 is 0 Å². The minimum Gasteiger partial charge on any atom is -0.298 e. The van der Waals surface area contributed by atoms with Crippen molar-refractivity contribution in [1.29, 1.82) is 0 Å². The number of nitrogens with one attached hydrogen (secondary N) is 1. The maximum atomic E-state index is 12.2. The third-order valence-electron chi connectivity index (χ3n) is 3.84. The Morgan fingerprint density at radius 2 is 1.95 bits per heavy atom. The highest BCUT2D eigenvalue weighted by molar-refractivity contribution is 7.15. The Labute approximate surface area is 135 Å². The molecular formula is C16H19ClN2OS. The quantitative estimate of drug-likeness (QED) is 0.895. The molecular weight excluding hydrogens is 304 g/mol. The molecule has 1 aliphatic rings. The number of hydrogen-bond donors (Lipinski definition) is 1. The Morgan fingerprint density at radius 3 is 2.67 bits per heavy atom. The summed E-state index contributed by atoms with van der Waals surface area (Å²) < 4.78 is 0. The van der Waals surface area contributed by atoms with Gasteiger partial charge in [-0.1, -0.05) is 6.07 Å². The minimum atomic E-state index is -0.0702. The first kappa shape index (κ1) is 16.0. The fourth-order valence-corrected chi connectivity index (χ4v) is 3.50. The summed E-state index contributed by atoms with van der Waals surface area (Å²) in [6.07, 6.45) is 4.60. The summed E-state index contributed by atoms with van der Waals surface area (Å²) in [5, 5.41) is 3.67. The van der Waals surface area contributed by atoms with Crippen LogP contribution in [0.5, 0.6) is 0 Å². The molecule has 2 aromatic rings. The fraction of sp³-hybridized carbons (Fsp3) is 0.375. The lowest BCUT2D eigenvalue weighted by molar-refractivity contribution is 0.102. The van der Waals surface area contributed by atoms with Crippen molar-refractivity contribution in [2.75, 3.05) is 5.32 Å². The molecule has 21 heavy (non-hydrogen) atoms. The van der Waals surface area contributed by atoms with Gasteiger partial charge in [0.15, 0.2) is 5.13 Å². The van der Waals surface area contributed by atoms with Gasteiger partial charge in [-0.2, -0.15) is 0 Å². The third kappa shape index (κ3) is 3.44. The number of carbonyl (C=O) groups is 1. The maximum Gasteiger partial charge on any atom is 0.257 e. The van der Waals surface area contributed by atoms with Crippen molar-refractivity contribution in [3.63, 3.8) is 0 Å². The van der Waals surface area contributed by atoms with Gasteiger partial charge in [-0.25, -0.2) is 4.98 Å². The van der Waals surface area contributed by atoms with Crippen LogP contribution in [0.15, 0.2) is 18.2 Å². The number of aromatic nitrogens is 1. The monoisotopic (exact) mass is 322 g/mol. The standard InChI is InChI=1S/C16H18N2OS.ClH/c1-10-7-8-12(9-11(10)2)15(19)18-16-17-13-5-3-4-6-14(13)20-16;/h7-9H,3-6H2,1-2H3,(H,17,18,19);1H. The summed E-state index contributed by atoms with van der Waals surface area (Å²) in [5.74, 6) is -0.0702. The average Bonchev–Trinajstić information content (AvgIpc) is 2.83. The van der Waals surface area contributed by atoms with E-state index in [0.717, 1.165) is 23.5 Å². The number of aryl methyl sites for hydroxylation is 4. The molecule has 0 spiro atoms. The Kier molecular flexibility index (Phi) is 5.01. The zero-order valence-electron chi connectivity index (χ0n) is 12.2. The van der Waals surface area contributed by atoms with Gasteiger partial charge in [0.2, 0.25) is 0 Å². The molecule has 0 unspecified atom stereocenters. The molecule has 112 valence electrons. The van der Waals surface area contributed by atoms with Crippen molar-refractivity contribution in [3.05, 3.63) is 45.5 Å². The molecule has 1 N–H and O–H groups in total. The number of benzene rings is 1. The lowest BCUT2D eigenvalue weighted by Gasteiger charge is -2.06. The van der Waals surface area contributed by atoms with Gasteiger partial charge in [0.1, 0.15) is 0 Å². The zero-order valence-corrected chi connectivity index (χ0v) is 13.9. The predicted octanol–water partition coefficient (Wildman–Crippen LogP) is 4.31. The van der Waals surface area contributed by atoms with Crippen LogP contribution in [0.4, 0.5) is 5.13 Å². The number of amides is 1. The number of anilines is 1. The highest BCUT2D eigenvalue weighted by atomic mass is 35.5. The Balaban J connectivity index is 0.00000161. The van der Waals surface area contributed by atoms with Crippen LogP contribution in [0, 0.1) is 13.8 Å². The molecule has 0 aliphatic heterocycles. The van der Waals surface area contributed by atoms with Gasteiger partial charge in [0.25, 0.3) is 5.91 Å². The molecule has 0 atom stereocenters. The Hall–Kier alpha value is -1.39. The highest BCUT2D eigenvalue weighted by Crippen LogP contribution is 2.29. The summed E-state index contributed by atoms with van der Waals surface area (Å²) in [6.45, 7) is 4.07. The summed E-state index contributed by atoms with van der Waals surface area (Å²) in [7, 11) is 0. The van der Waals surface area contributed by atoms with E-state index in [0.29, 0.717) is 5.56 Å². The lowest BCUT2D eigenvalue weighted by atomic mass is 10.0. The summed E-state index contributed by atoms with van der Waals surface area (Å²) in [4.78, 5) is 18.1. The van der Waals surface area contributed by atoms with Gasteiger partial charge in [0.05, 0.1) is 5.69 Å². The van der Waals surface area contributed by atoms with Crippen molar-refractivity contribution >= 4 is 34.8 Å². The van der Waals surface area contributed by atoms with Gasteiger partial charge < -0.3 is 0 Å².